The van der Waals surface area contributed by atoms with Gasteiger partial charge in [-0.05, 0) is 24.8 Å². The van der Waals surface area contributed by atoms with Crippen LogP contribution in [0.25, 0.3) is 0 Å². The second kappa shape index (κ2) is 9.77. The highest BCUT2D eigenvalue weighted by Crippen LogP contribution is 2.13. The molecule has 1 heterocycles. The Labute approximate surface area is 151 Å². The second-order valence-electron chi connectivity index (χ2n) is 6.66. The fraction of sp³-hybridized carbons (Fsp3) is 0.611. The van der Waals surface area contributed by atoms with Crippen molar-refractivity contribution in [2.24, 2.45) is 4.99 Å². The Balaban J connectivity index is 1.67. The second-order valence-corrected chi connectivity index (χ2v) is 8.92. The molecule has 0 aliphatic carbocycles. The molecule has 2 N–H and O–H groups in total. The summed E-state index contributed by atoms with van der Waals surface area (Å²) >= 11 is 0. The lowest BCUT2D eigenvalue weighted by Gasteiger charge is -2.33. The van der Waals surface area contributed by atoms with Crippen LogP contribution in [0.1, 0.15) is 24.8 Å². The van der Waals surface area contributed by atoms with Gasteiger partial charge in [0.05, 0.1) is 5.75 Å². The van der Waals surface area contributed by atoms with Crippen molar-refractivity contribution >= 4 is 15.8 Å². The zero-order valence-electron chi connectivity index (χ0n) is 15.2. The molecule has 2 rings (SSSR count). The van der Waals surface area contributed by atoms with Crippen molar-refractivity contribution in [3.8, 4) is 0 Å². The zero-order chi connectivity index (χ0) is 18.1. The molecule has 0 radical (unpaired) electrons. The van der Waals surface area contributed by atoms with E-state index in [1.165, 1.54) is 11.8 Å². The quantitative estimate of drug-likeness (QED) is 0.432. The van der Waals surface area contributed by atoms with Crippen molar-refractivity contribution in [2.45, 2.75) is 31.8 Å². The van der Waals surface area contributed by atoms with Crippen molar-refractivity contribution < 1.29 is 8.42 Å². The van der Waals surface area contributed by atoms with Gasteiger partial charge in [-0.1, -0.05) is 30.3 Å². The molecule has 0 bridgehead atoms. The molecule has 0 amide bonds. The van der Waals surface area contributed by atoms with Crippen LogP contribution in [0.4, 0.5) is 0 Å². The van der Waals surface area contributed by atoms with Crippen molar-refractivity contribution in [1.82, 2.24) is 15.5 Å². The number of nitrogens with zero attached hydrogens (tertiary/aromatic N) is 2. The third-order valence-corrected chi connectivity index (χ3v) is 5.42. The number of likely N-dealkylation sites (tertiary alicyclic amines) is 1. The highest BCUT2D eigenvalue weighted by molar-refractivity contribution is 7.90. The average Bonchev–Trinajstić information content (AvgIpc) is 2.59. The van der Waals surface area contributed by atoms with Crippen LogP contribution in [0, 0.1) is 0 Å². The predicted octanol–water partition coefficient (Wildman–Crippen LogP) is 1.25. The largest absolute Gasteiger partial charge is 0.356 e. The summed E-state index contributed by atoms with van der Waals surface area (Å²) in [6.07, 6.45) is 4.02. The van der Waals surface area contributed by atoms with E-state index in [-0.39, 0.29) is 5.75 Å². The van der Waals surface area contributed by atoms with Gasteiger partial charge in [0.15, 0.2) is 5.96 Å². The van der Waals surface area contributed by atoms with Gasteiger partial charge in [-0.15, -0.1) is 0 Å². The van der Waals surface area contributed by atoms with E-state index >= 15 is 0 Å². The van der Waals surface area contributed by atoms with Gasteiger partial charge < -0.3 is 10.6 Å². The number of sulfone groups is 1. The normalized spacial score (nSPS) is 17.4. The molecule has 140 valence electrons. The van der Waals surface area contributed by atoms with E-state index < -0.39 is 9.84 Å². The number of aliphatic imine (C=N–C) groups is 1. The van der Waals surface area contributed by atoms with Crippen LogP contribution in [-0.2, 0) is 16.4 Å². The maximum Gasteiger partial charge on any atom is 0.191 e. The van der Waals surface area contributed by atoms with Gasteiger partial charge in [0.2, 0.25) is 0 Å². The maximum absolute atomic E-state index is 11.1. The van der Waals surface area contributed by atoms with Crippen molar-refractivity contribution in [1.29, 1.82) is 0 Å². The van der Waals surface area contributed by atoms with Gasteiger partial charge in [0, 0.05) is 45.5 Å². The Morgan fingerprint density at radius 2 is 1.92 bits per heavy atom. The first kappa shape index (κ1) is 19.7. The lowest BCUT2D eigenvalue weighted by molar-refractivity contribution is 0.198. The number of guanidine groups is 1. The van der Waals surface area contributed by atoms with E-state index in [2.05, 4.69) is 44.8 Å². The topological polar surface area (TPSA) is 73.8 Å². The van der Waals surface area contributed by atoms with Crippen LogP contribution in [0.5, 0.6) is 0 Å². The van der Waals surface area contributed by atoms with Gasteiger partial charge in [-0.3, -0.25) is 9.89 Å². The predicted molar refractivity (Wildman–Crippen MR) is 104 cm³/mol. The Morgan fingerprint density at radius 3 is 2.52 bits per heavy atom. The van der Waals surface area contributed by atoms with Crippen molar-refractivity contribution in [3.63, 3.8) is 0 Å². The summed E-state index contributed by atoms with van der Waals surface area (Å²) in [5, 5.41) is 6.65. The molecule has 0 spiro atoms. The summed E-state index contributed by atoms with van der Waals surface area (Å²) in [6.45, 7) is 3.75. The molecular formula is C18H30N4O2S. The standard InChI is InChI=1S/C18H30N4O2S/c1-19-18(20-11-6-14-25(2,23)24)21-17-9-12-22(13-10-17)15-16-7-4-3-5-8-16/h3-5,7-8,17H,6,9-15H2,1-2H3,(H2,19,20,21). The summed E-state index contributed by atoms with van der Waals surface area (Å²) in [4.78, 5) is 6.72. The molecule has 1 saturated heterocycles. The van der Waals surface area contributed by atoms with Crippen LogP contribution in [0.3, 0.4) is 0 Å². The van der Waals surface area contributed by atoms with Crippen LogP contribution in [0.2, 0.25) is 0 Å². The van der Waals surface area contributed by atoms with Crippen LogP contribution in [0.15, 0.2) is 35.3 Å². The first-order valence-electron chi connectivity index (χ1n) is 8.87. The molecule has 1 aromatic carbocycles. The monoisotopic (exact) mass is 366 g/mol. The maximum atomic E-state index is 11.1. The van der Waals surface area contributed by atoms with Crippen LogP contribution < -0.4 is 10.6 Å². The molecule has 0 unspecified atom stereocenters. The third kappa shape index (κ3) is 7.88. The minimum Gasteiger partial charge on any atom is -0.356 e. The third-order valence-electron chi connectivity index (χ3n) is 4.39. The summed E-state index contributed by atoms with van der Waals surface area (Å²) in [5.74, 6) is 0.963. The molecule has 0 saturated carbocycles. The molecule has 1 aliphatic heterocycles. The molecule has 1 fully saturated rings. The van der Waals surface area contributed by atoms with E-state index in [9.17, 15) is 8.42 Å². The van der Waals surface area contributed by atoms with Gasteiger partial charge >= 0.3 is 0 Å². The number of rotatable bonds is 7. The summed E-state index contributed by atoms with van der Waals surface area (Å²) in [6, 6.07) is 11.0. The molecule has 1 aromatic rings. The fourth-order valence-electron chi connectivity index (χ4n) is 3.01. The molecule has 0 aromatic heterocycles. The highest BCUT2D eigenvalue weighted by Gasteiger charge is 2.19. The van der Waals surface area contributed by atoms with E-state index in [4.69, 9.17) is 0 Å². The summed E-state index contributed by atoms with van der Waals surface area (Å²) in [7, 11) is -1.15. The minimum absolute atomic E-state index is 0.203. The van der Waals surface area contributed by atoms with E-state index in [0.717, 1.165) is 38.4 Å². The Bertz CT molecular complexity index is 638. The zero-order valence-corrected chi connectivity index (χ0v) is 16.1. The highest BCUT2D eigenvalue weighted by atomic mass is 32.2. The summed E-state index contributed by atoms with van der Waals surface area (Å²) in [5.41, 5.74) is 1.36. The molecular weight excluding hydrogens is 336 g/mol. The lowest BCUT2D eigenvalue weighted by Crippen LogP contribution is -2.48. The van der Waals surface area contributed by atoms with Crippen LogP contribution in [-0.4, -0.2) is 64.0 Å². The van der Waals surface area contributed by atoms with Gasteiger partial charge in [-0.2, -0.15) is 0 Å². The Hall–Kier alpha value is -1.60. The Kier molecular flexibility index (Phi) is 7.71. The van der Waals surface area contributed by atoms with Crippen molar-refractivity contribution in [2.75, 3.05) is 38.7 Å². The van der Waals surface area contributed by atoms with Gasteiger partial charge in [-0.25, -0.2) is 8.42 Å². The number of nitrogens with one attached hydrogen (secondary N) is 2. The SMILES string of the molecule is CN=C(NCCCS(C)(=O)=O)NC1CCN(Cc2ccccc2)CC1. The lowest BCUT2D eigenvalue weighted by atomic mass is 10.0. The molecule has 7 heteroatoms. The van der Waals surface area contributed by atoms with Crippen molar-refractivity contribution in [3.05, 3.63) is 35.9 Å². The number of hydrogen-bond acceptors (Lipinski definition) is 4. The van der Waals surface area contributed by atoms with Gasteiger partial charge in [0.25, 0.3) is 0 Å². The fourth-order valence-corrected chi connectivity index (χ4v) is 3.67. The molecule has 1 aliphatic rings. The van der Waals surface area contributed by atoms with E-state index in [1.807, 2.05) is 6.07 Å². The number of piperidine rings is 1. The first-order valence-corrected chi connectivity index (χ1v) is 10.9. The average molecular weight is 367 g/mol. The Morgan fingerprint density at radius 1 is 1.24 bits per heavy atom. The molecule has 6 nitrogen and oxygen atoms in total. The van der Waals surface area contributed by atoms with E-state index in [1.54, 1.807) is 7.05 Å². The number of benzene rings is 1. The number of hydrogen-bond donors (Lipinski definition) is 2. The van der Waals surface area contributed by atoms with Gasteiger partial charge in [0.1, 0.15) is 9.84 Å². The van der Waals surface area contributed by atoms with E-state index in [0.29, 0.717) is 19.0 Å². The van der Waals surface area contributed by atoms with Crippen LogP contribution >= 0.6 is 0 Å². The smallest absolute Gasteiger partial charge is 0.191 e. The molecule has 0 atom stereocenters. The first-order chi connectivity index (χ1) is 12.0. The summed E-state index contributed by atoms with van der Waals surface area (Å²) < 4.78 is 22.3. The minimum atomic E-state index is -2.89. The molecule has 25 heavy (non-hydrogen) atoms.